The smallest absolute Gasteiger partial charge is 0.120 e. The van der Waals surface area contributed by atoms with Crippen LogP contribution in [0.25, 0.3) is 10.9 Å². The maximum atomic E-state index is 4.50. The molecule has 0 radical (unpaired) electrons. The average Bonchev–Trinajstić information content (AvgIpc) is 2.57. The first-order chi connectivity index (χ1) is 7.95. The summed E-state index contributed by atoms with van der Waals surface area (Å²) < 4.78 is 4.50. The summed E-state index contributed by atoms with van der Waals surface area (Å²) in [6, 6.07) is 8.41. The average molecular weight is 233 g/mol. The summed E-state index contributed by atoms with van der Waals surface area (Å²) in [5, 5.41) is 6.06. The van der Waals surface area contributed by atoms with Gasteiger partial charge in [0.2, 0.25) is 0 Å². The summed E-state index contributed by atoms with van der Waals surface area (Å²) in [5.41, 5.74) is 1.12. The van der Waals surface area contributed by atoms with Crippen molar-refractivity contribution in [2.24, 2.45) is 0 Å². The van der Waals surface area contributed by atoms with Crippen LogP contribution in [-0.4, -0.2) is 30.6 Å². The van der Waals surface area contributed by atoms with Crippen LogP contribution in [-0.2, 0) is 0 Å². The highest BCUT2D eigenvalue weighted by atomic mass is 32.1. The quantitative estimate of drug-likeness (QED) is 0.817. The molecule has 0 unspecified atom stereocenters. The molecule has 0 spiro atoms. The van der Waals surface area contributed by atoms with Crippen LogP contribution in [0.3, 0.4) is 0 Å². The maximum Gasteiger partial charge on any atom is 0.120 e. The Kier molecular flexibility index (Phi) is 2.76. The molecule has 2 heterocycles. The lowest BCUT2D eigenvalue weighted by atomic mass is 10.2. The van der Waals surface area contributed by atoms with Gasteiger partial charge in [-0.3, -0.25) is 0 Å². The van der Waals surface area contributed by atoms with Crippen LogP contribution < -0.4 is 10.2 Å². The third-order valence-corrected chi connectivity index (χ3v) is 3.93. The molecule has 0 aliphatic carbocycles. The topological polar surface area (TPSA) is 28.2 Å². The van der Waals surface area contributed by atoms with Crippen molar-refractivity contribution in [1.29, 1.82) is 0 Å². The molecular weight excluding hydrogens is 218 g/mol. The zero-order chi connectivity index (χ0) is 10.8. The summed E-state index contributed by atoms with van der Waals surface area (Å²) >= 11 is 1.63. The van der Waals surface area contributed by atoms with Crippen LogP contribution >= 0.6 is 11.5 Å². The molecule has 0 atom stereocenters. The summed E-state index contributed by atoms with van der Waals surface area (Å²) in [6.45, 7) is 4.44. The number of hydrogen-bond acceptors (Lipinski definition) is 4. The van der Waals surface area contributed by atoms with Gasteiger partial charge in [0, 0.05) is 25.0 Å². The van der Waals surface area contributed by atoms with Crippen molar-refractivity contribution in [3.63, 3.8) is 0 Å². The van der Waals surface area contributed by atoms with Gasteiger partial charge < -0.3 is 10.2 Å². The number of nitrogens with one attached hydrogen (secondary N) is 1. The fourth-order valence-corrected chi connectivity index (χ4v) is 3.07. The van der Waals surface area contributed by atoms with E-state index in [9.17, 15) is 0 Å². The van der Waals surface area contributed by atoms with Crippen LogP contribution in [0.4, 0.5) is 5.00 Å². The zero-order valence-corrected chi connectivity index (χ0v) is 9.96. The van der Waals surface area contributed by atoms with Gasteiger partial charge in [-0.1, -0.05) is 12.1 Å². The summed E-state index contributed by atoms with van der Waals surface area (Å²) in [6.07, 6.45) is 1.21. The molecule has 1 aromatic carbocycles. The van der Waals surface area contributed by atoms with Crippen molar-refractivity contribution in [3.8, 4) is 0 Å². The van der Waals surface area contributed by atoms with Crippen LogP contribution in [0.1, 0.15) is 6.42 Å². The molecule has 0 amide bonds. The van der Waals surface area contributed by atoms with E-state index < -0.39 is 0 Å². The van der Waals surface area contributed by atoms with Crippen LogP contribution in [0.15, 0.2) is 24.3 Å². The van der Waals surface area contributed by atoms with Crippen molar-refractivity contribution in [2.45, 2.75) is 6.42 Å². The van der Waals surface area contributed by atoms with E-state index in [-0.39, 0.29) is 0 Å². The molecule has 3 rings (SSSR count). The monoisotopic (exact) mass is 233 g/mol. The van der Waals surface area contributed by atoms with E-state index in [0.717, 1.165) is 31.7 Å². The SMILES string of the molecule is c1ccc2c(N3CCCNCC3)snc2c1. The second kappa shape index (κ2) is 4.39. The number of rotatable bonds is 1. The van der Waals surface area contributed by atoms with Gasteiger partial charge in [-0.15, -0.1) is 0 Å². The van der Waals surface area contributed by atoms with Crippen molar-refractivity contribution in [3.05, 3.63) is 24.3 Å². The molecule has 1 saturated heterocycles. The van der Waals surface area contributed by atoms with E-state index >= 15 is 0 Å². The molecular formula is C12H15N3S. The van der Waals surface area contributed by atoms with Crippen molar-refractivity contribution >= 4 is 27.4 Å². The van der Waals surface area contributed by atoms with E-state index in [4.69, 9.17) is 0 Å². The first-order valence-corrected chi connectivity index (χ1v) is 6.52. The number of anilines is 1. The molecule has 3 nitrogen and oxygen atoms in total. The standard InChI is InChI=1S/C12H15N3S/c1-2-5-11-10(4-1)12(16-14-11)15-8-3-6-13-7-9-15/h1-2,4-5,13H,3,6-9H2. The molecule has 1 aliphatic rings. The number of benzene rings is 1. The lowest BCUT2D eigenvalue weighted by molar-refractivity contribution is 0.724. The highest BCUT2D eigenvalue weighted by Crippen LogP contribution is 2.31. The minimum Gasteiger partial charge on any atom is -0.360 e. The Hall–Kier alpha value is -1.13. The van der Waals surface area contributed by atoms with Gasteiger partial charge in [-0.25, -0.2) is 0 Å². The molecule has 0 bridgehead atoms. The van der Waals surface area contributed by atoms with E-state index in [2.05, 4.69) is 38.9 Å². The molecule has 84 valence electrons. The van der Waals surface area contributed by atoms with Crippen molar-refractivity contribution in [1.82, 2.24) is 9.69 Å². The Morgan fingerprint density at radius 2 is 2.12 bits per heavy atom. The first kappa shape index (κ1) is 10.1. The van der Waals surface area contributed by atoms with E-state index in [0.29, 0.717) is 0 Å². The largest absolute Gasteiger partial charge is 0.360 e. The van der Waals surface area contributed by atoms with Crippen LogP contribution in [0.2, 0.25) is 0 Å². The van der Waals surface area contributed by atoms with Gasteiger partial charge in [-0.05, 0) is 36.6 Å². The predicted molar refractivity (Wildman–Crippen MR) is 69.3 cm³/mol. The second-order valence-electron chi connectivity index (χ2n) is 4.10. The predicted octanol–water partition coefficient (Wildman–Crippen LogP) is 2.10. The van der Waals surface area contributed by atoms with E-state index in [1.54, 1.807) is 11.5 Å². The van der Waals surface area contributed by atoms with E-state index in [1.807, 2.05) is 0 Å². The van der Waals surface area contributed by atoms with Gasteiger partial charge in [0.15, 0.2) is 0 Å². The van der Waals surface area contributed by atoms with Gasteiger partial charge in [0.05, 0.1) is 5.52 Å². The Labute approximate surface area is 99.2 Å². The third kappa shape index (κ3) is 1.79. The fraction of sp³-hybridized carbons (Fsp3) is 0.417. The number of nitrogens with zero attached hydrogens (tertiary/aromatic N) is 2. The number of hydrogen-bond donors (Lipinski definition) is 1. The Balaban J connectivity index is 1.97. The van der Waals surface area contributed by atoms with Crippen LogP contribution in [0.5, 0.6) is 0 Å². The van der Waals surface area contributed by atoms with Gasteiger partial charge in [0.1, 0.15) is 5.00 Å². The maximum absolute atomic E-state index is 4.50. The molecule has 1 fully saturated rings. The summed E-state index contributed by atoms with van der Waals surface area (Å²) in [4.78, 5) is 2.46. The molecule has 0 saturated carbocycles. The highest BCUT2D eigenvalue weighted by molar-refractivity contribution is 7.11. The Morgan fingerprint density at radius 1 is 1.19 bits per heavy atom. The van der Waals surface area contributed by atoms with E-state index in [1.165, 1.54) is 16.8 Å². The van der Waals surface area contributed by atoms with Gasteiger partial charge >= 0.3 is 0 Å². The number of aromatic nitrogens is 1. The molecule has 1 N–H and O–H groups in total. The molecule has 1 aromatic heterocycles. The van der Waals surface area contributed by atoms with Crippen LogP contribution in [0, 0.1) is 0 Å². The Morgan fingerprint density at radius 3 is 3.12 bits per heavy atom. The van der Waals surface area contributed by atoms with Crippen molar-refractivity contribution in [2.75, 3.05) is 31.1 Å². The third-order valence-electron chi connectivity index (χ3n) is 2.99. The first-order valence-electron chi connectivity index (χ1n) is 5.75. The molecule has 2 aromatic rings. The second-order valence-corrected chi connectivity index (χ2v) is 4.85. The highest BCUT2D eigenvalue weighted by Gasteiger charge is 2.14. The molecule has 1 aliphatic heterocycles. The van der Waals surface area contributed by atoms with Crippen molar-refractivity contribution < 1.29 is 0 Å². The number of fused-ring (bicyclic) bond motifs is 1. The summed E-state index contributed by atoms with van der Waals surface area (Å²) in [7, 11) is 0. The van der Waals surface area contributed by atoms with Gasteiger partial charge in [0.25, 0.3) is 0 Å². The molecule has 4 heteroatoms. The normalized spacial score (nSPS) is 17.6. The molecule has 16 heavy (non-hydrogen) atoms. The minimum atomic E-state index is 1.08. The zero-order valence-electron chi connectivity index (χ0n) is 9.15. The lowest BCUT2D eigenvalue weighted by Crippen LogP contribution is -2.27. The minimum absolute atomic E-state index is 1.08. The van der Waals surface area contributed by atoms with Gasteiger partial charge in [-0.2, -0.15) is 4.37 Å². The Bertz CT molecular complexity index is 472. The lowest BCUT2D eigenvalue weighted by Gasteiger charge is -2.19. The fourth-order valence-electron chi connectivity index (χ4n) is 2.15. The summed E-state index contributed by atoms with van der Waals surface area (Å²) in [5.74, 6) is 0.